The minimum absolute atomic E-state index is 0.0322. The maximum Gasteiger partial charge on any atom is 0.253 e. The van der Waals surface area contributed by atoms with Crippen molar-refractivity contribution < 1.29 is 4.79 Å². The van der Waals surface area contributed by atoms with Crippen molar-refractivity contribution in [1.82, 2.24) is 4.90 Å². The van der Waals surface area contributed by atoms with E-state index < -0.39 is 0 Å². The quantitative estimate of drug-likeness (QED) is 0.801. The van der Waals surface area contributed by atoms with Gasteiger partial charge in [0.2, 0.25) is 0 Å². The molecule has 17 heavy (non-hydrogen) atoms. The highest BCUT2D eigenvalue weighted by atomic mass is 16.2. The van der Waals surface area contributed by atoms with E-state index in [9.17, 15) is 4.79 Å². The molecule has 0 N–H and O–H groups in total. The van der Waals surface area contributed by atoms with Crippen molar-refractivity contribution in [2.24, 2.45) is 5.92 Å². The molecule has 1 rings (SSSR count). The standard InChI is InChI=1S/C14H18N2O/c1-10(8-15)9-16(4)14(17)13-6-5-11(2)12(3)7-13/h5-7,10H,9H2,1-4H3. The van der Waals surface area contributed by atoms with Crippen LogP contribution < -0.4 is 0 Å². The molecule has 0 bridgehead atoms. The number of carbonyl (C=O) groups excluding carboxylic acids is 1. The van der Waals surface area contributed by atoms with Crippen molar-refractivity contribution in [1.29, 1.82) is 5.26 Å². The van der Waals surface area contributed by atoms with Crippen molar-refractivity contribution in [2.45, 2.75) is 20.8 Å². The zero-order valence-corrected chi connectivity index (χ0v) is 10.8. The van der Waals surface area contributed by atoms with Gasteiger partial charge < -0.3 is 4.90 Å². The third-order valence-electron chi connectivity index (χ3n) is 2.87. The molecule has 0 aliphatic rings. The number of aryl methyl sites for hydroxylation is 2. The first-order valence-corrected chi connectivity index (χ1v) is 5.68. The zero-order valence-electron chi connectivity index (χ0n) is 10.8. The number of nitrogens with zero attached hydrogens (tertiary/aromatic N) is 2. The fourth-order valence-corrected chi connectivity index (χ4v) is 1.63. The van der Waals surface area contributed by atoms with E-state index in [-0.39, 0.29) is 11.8 Å². The highest BCUT2D eigenvalue weighted by molar-refractivity contribution is 5.94. The molecular weight excluding hydrogens is 212 g/mol. The first kappa shape index (κ1) is 13.2. The summed E-state index contributed by atoms with van der Waals surface area (Å²) in [5.74, 6) is -0.175. The van der Waals surface area contributed by atoms with Crippen LogP contribution in [0.15, 0.2) is 18.2 Å². The lowest BCUT2D eigenvalue weighted by molar-refractivity contribution is 0.0785. The Bertz CT molecular complexity index is 460. The van der Waals surface area contributed by atoms with Crippen molar-refractivity contribution in [3.63, 3.8) is 0 Å². The second-order valence-corrected chi connectivity index (χ2v) is 4.51. The molecule has 3 heteroatoms. The maximum absolute atomic E-state index is 12.1. The fraction of sp³-hybridized carbons (Fsp3) is 0.429. The van der Waals surface area contributed by atoms with Gasteiger partial charge in [-0.2, -0.15) is 5.26 Å². The third kappa shape index (κ3) is 3.32. The van der Waals surface area contributed by atoms with Gasteiger partial charge in [-0.1, -0.05) is 6.07 Å². The molecule has 1 atom stereocenters. The summed E-state index contributed by atoms with van der Waals surface area (Å²) >= 11 is 0. The number of benzene rings is 1. The minimum Gasteiger partial charge on any atom is -0.340 e. The second kappa shape index (κ2) is 5.49. The van der Waals surface area contributed by atoms with Crippen LogP contribution in [0.1, 0.15) is 28.4 Å². The van der Waals surface area contributed by atoms with E-state index in [1.807, 2.05) is 39.0 Å². The van der Waals surface area contributed by atoms with Crippen molar-refractivity contribution >= 4 is 5.91 Å². The SMILES string of the molecule is Cc1ccc(C(=O)N(C)CC(C)C#N)cc1C. The summed E-state index contributed by atoms with van der Waals surface area (Å²) in [4.78, 5) is 13.7. The normalized spacial score (nSPS) is 11.7. The number of amides is 1. The monoisotopic (exact) mass is 230 g/mol. The van der Waals surface area contributed by atoms with Gasteiger partial charge in [-0.25, -0.2) is 0 Å². The van der Waals surface area contributed by atoms with E-state index in [0.29, 0.717) is 12.1 Å². The minimum atomic E-state index is -0.143. The summed E-state index contributed by atoms with van der Waals surface area (Å²) in [5, 5.41) is 8.73. The van der Waals surface area contributed by atoms with E-state index in [2.05, 4.69) is 6.07 Å². The van der Waals surface area contributed by atoms with Crippen LogP contribution in [0.25, 0.3) is 0 Å². The molecule has 0 saturated carbocycles. The number of hydrogen-bond donors (Lipinski definition) is 0. The Labute approximate surface area is 103 Å². The maximum atomic E-state index is 12.1. The van der Waals surface area contributed by atoms with Gasteiger partial charge in [0.15, 0.2) is 0 Å². The molecule has 1 aromatic carbocycles. The topological polar surface area (TPSA) is 44.1 Å². The van der Waals surface area contributed by atoms with Gasteiger partial charge in [0.1, 0.15) is 0 Å². The third-order valence-corrected chi connectivity index (χ3v) is 2.87. The Balaban J connectivity index is 2.82. The lowest BCUT2D eigenvalue weighted by Crippen LogP contribution is -2.30. The van der Waals surface area contributed by atoms with Crippen LogP contribution in [0.5, 0.6) is 0 Å². The smallest absolute Gasteiger partial charge is 0.253 e. The molecule has 0 radical (unpaired) electrons. The molecule has 1 amide bonds. The Morgan fingerprint density at radius 1 is 1.41 bits per heavy atom. The molecule has 0 aliphatic heterocycles. The van der Waals surface area contributed by atoms with Gasteiger partial charge in [0.05, 0.1) is 12.0 Å². The van der Waals surface area contributed by atoms with Gasteiger partial charge in [-0.3, -0.25) is 4.79 Å². The summed E-state index contributed by atoms with van der Waals surface area (Å²) in [5.41, 5.74) is 2.97. The van der Waals surface area contributed by atoms with E-state index in [1.165, 1.54) is 5.56 Å². The molecule has 0 saturated heterocycles. The Hall–Kier alpha value is -1.82. The molecule has 1 unspecified atom stereocenters. The summed E-state index contributed by atoms with van der Waals surface area (Å²) < 4.78 is 0. The molecule has 0 heterocycles. The van der Waals surface area contributed by atoms with Crippen LogP contribution in [0.4, 0.5) is 0 Å². The average Bonchev–Trinajstić information content (AvgIpc) is 2.31. The van der Waals surface area contributed by atoms with Crippen LogP contribution in [-0.4, -0.2) is 24.4 Å². The van der Waals surface area contributed by atoms with Gasteiger partial charge in [0.25, 0.3) is 5.91 Å². The molecule has 3 nitrogen and oxygen atoms in total. The Kier molecular flexibility index (Phi) is 4.28. The highest BCUT2D eigenvalue weighted by Gasteiger charge is 2.14. The van der Waals surface area contributed by atoms with Gasteiger partial charge >= 0.3 is 0 Å². The Morgan fingerprint density at radius 2 is 2.06 bits per heavy atom. The van der Waals surface area contributed by atoms with Crippen LogP contribution in [0.2, 0.25) is 0 Å². The summed E-state index contributed by atoms with van der Waals surface area (Å²) in [6.07, 6.45) is 0. The van der Waals surface area contributed by atoms with Gasteiger partial charge in [0, 0.05) is 19.2 Å². The fourth-order valence-electron chi connectivity index (χ4n) is 1.63. The summed E-state index contributed by atoms with van der Waals surface area (Å²) in [6, 6.07) is 7.80. The highest BCUT2D eigenvalue weighted by Crippen LogP contribution is 2.12. The van der Waals surface area contributed by atoms with E-state index >= 15 is 0 Å². The van der Waals surface area contributed by atoms with Gasteiger partial charge in [-0.15, -0.1) is 0 Å². The lowest BCUT2D eigenvalue weighted by Gasteiger charge is -2.18. The predicted octanol–water partition coefficient (Wildman–Crippen LogP) is 2.54. The van der Waals surface area contributed by atoms with E-state index in [4.69, 9.17) is 5.26 Å². The Morgan fingerprint density at radius 3 is 2.59 bits per heavy atom. The number of nitriles is 1. The van der Waals surface area contributed by atoms with Crippen molar-refractivity contribution in [3.05, 3.63) is 34.9 Å². The van der Waals surface area contributed by atoms with Crippen LogP contribution in [-0.2, 0) is 0 Å². The number of hydrogen-bond acceptors (Lipinski definition) is 2. The summed E-state index contributed by atoms with van der Waals surface area (Å²) in [6.45, 7) is 6.28. The molecule has 1 aromatic rings. The molecule has 0 spiro atoms. The molecule has 90 valence electrons. The number of rotatable bonds is 3. The van der Waals surface area contributed by atoms with Crippen LogP contribution >= 0.6 is 0 Å². The van der Waals surface area contributed by atoms with Crippen LogP contribution in [0.3, 0.4) is 0 Å². The van der Waals surface area contributed by atoms with Crippen molar-refractivity contribution in [2.75, 3.05) is 13.6 Å². The molecular formula is C14H18N2O. The zero-order chi connectivity index (χ0) is 13.0. The number of carbonyl (C=O) groups is 1. The molecule has 0 aromatic heterocycles. The largest absolute Gasteiger partial charge is 0.340 e. The second-order valence-electron chi connectivity index (χ2n) is 4.51. The van der Waals surface area contributed by atoms with Crippen molar-refractivity contribution in [3.8, 4) is 6.07 Å². The van der Waals surface area contributed by atoms with Gasteiger partial charge in [-0.05, 0) is 44.0 Å². The first-order valence-electron chi connectivity index (χ1n) is 5.68. The van der Waals surface area contributed by atoms with Crippen LogP contribution in [0, 0.1) is 31.1 Å². The molecule has 0 fully saturated rings. The van der Waals surface area contributed by atoms with E-state index in [1.54, 1.807) is 11.9 Å². The molecule has 0 aliphatic carbocycles. The predicted molar refractivity (Wildman–Crippen MR) is 67.7 cm³/mol. The average molecular weight is 230 g/mol. The summed E-state index contributed by atoms with van der Waals surface area (Å²) in [7, 11) is 1.73. The first-order chi connectivity index (χ1) is 7.95. The van der Waals surface area contributed by atoms with E-state index in [0.717, 1.165) is 5.56 Å². The lowest BCUT2D eigenvalue weighted by atomic mass is 10.1.